The van der Waals surface area contributed by atoms with E-state index in [9.17, 15) is 14.9 Å². The van der Waals surface area contributed by atoms with Crippen LogP contribution < -0.4 is 15.2 Å². The van der Waals surface area contributed by atoms with E-state index in [0.29, 0.717) is 16.9 Å². The predicted molar refractivity (Wildman–Crippen MR) is 117 cm³/mol. The number of aromatic nitrogens is 1. The summed E-state index contributed by atoms with van der Waals surface area (Å²) in [5, 5.41) is 9.82. The van der Waals surface area contributed by atoms with Crippen molar-refractivity contribution in [2.45, 2.75) is 26.4 Å². The number of carbonyl (C=O) groups is 2. The molecule has 0 saturated carbocycles. The highest BCUT2D eigenvalue weighted by Gasteiger charge is 2.26. The summed E-state index contributed by atoms with van der Waals surface area (Å²) in [7, 11) is 0. The number of rotatable bonds is 5. The van der Waals surface area contributed by atoms with Crippen LogP contribution in [0.1, 0.15) is 61.3 Å². The van der Waals surface area contributed by atoms with Crippen molar-refractivity contribution in [2.24, 2.45) is 5.73 Å². The second-order valence-corrected chi connectivity index (χ2v) is 7.62. The molecule has 160 valence electrons. The van der Waals surface area contributed by atoms with Crippen LogP contribution in [-0.2, 0) is 0 Å². The molecular formula is C25H21N3O4. The highest BCUT2D eigenvalue weighted by atomic mass is 16.5. The quantitative estimate of drug-likeness (QED) is 0.662. The van der Waals surface area contributed by atoms with Gasteiger partial charge in [0, 0.05) is 28.9 Å². The smallest absolute Gasteiger partial charge is 0.248 e. The average Bonchev–Trinajstić information content (AvgIpc) is 2.76. The zero-order valence-corrected chi connectivity index (χ0v) is 17.7. The van der Waals surface area contributed by atoms with E-state index in [1.54, 1.807) is 36.4 Å². The summed E-state index contributed by atoms with van der Waals surface area (Å²) in [6.07, 6.45) is -0.315. The minimum absolute atomic E-state index is 0.0618. The average molecular weight is 427 g/mol. The number of ether oxygens (including phenoxy) is 2. The minimum atomic E-state index is -0.596. The Kier molecular flexibility index (Phi) is 5.61. The number of fused-ring (bicyclic) bond motifs is 1. The number of amides is 1. The molecule has 0 saturated heterocycles. The van der Waals surface area contributed by atoms with Crippen molar-refractivity contribution < 1.29 is 19.1 Å². The molecule has 0 unspecified atom stereocenters. The van der Waals surface area contributed by atoms with Crippen molar-refractivity contribution in [1.29, 1.82) is 5.26 Å². The van der Waals surface area contributed by atoms with Gasteiger partial charge in [0.05, 0.1) is 12.2 Å². The monoisotopic (exact) mass is 427 g/mol. The number of nitrogens with zero attached hydrogens (tertiary/aromatic N) is 2. The van der Waals surface area contributed by atoms with Crippen molar-refractivity contribution in [3.05, 3.63) is 87.7 Å². The SMILES string of the molecule is Cc1cc([C@H](Oc2ccc3c(c2C#N)OCCC3=O)c2ccc(C(N)=O)cc2)cc(C)n1. The molecule has 2 heterocycles. The summed E-state index contributed by atoms with van der Waals surface area (Å²) in [4.78, 5) is 28.1. The zero-order valence-electron chi connectivity index (χ0n) is 17.7. The van der Waals surface area contributed by atoms with Crippen LogP contribution >= 0.6 is 0 Å². The second kappa shape index (κ2) is 8.52. The summed E-state index contributed by atoms with van der Waals surface area (Å²) in [6.45, 7) is 4.01. The molecule has 1 atom stereocenters. The number of aryl methyl sites for hydroxylation is 2. The van der Waals surface area contributed by atoms with Crippen molar-refractivity contribution >= 4 is 11.7 Å². The molecule has 1 amide bonds. The molecule has 1 aliphatic rings. The van der Waals surface area contributed by atoms with E-state index < -0.39 is 12.0 Å². The first-order valence-electron chi connectivity index (χ1n) is 10.1. The van der Waals surface area contributed by atoms with Gasteiger partial charge in [-0.15, -0.1) is 0 Å². The Hall–Kier alpha value is -4.18. The highest BCUT2D eigenvalue weighted by molar-refractivity contribution is 6.00. The number of hydrogen-bond donors (Lipinski definition) is 1. The van der Waals surface area contributed by atoms with Gasteiger partial charge < -0.3 is 15.2 Å². The topological polar surface area (TPSA) is 115 Å². The first-order chi connectivity index (χ1) is 15.4. The molecule has 32 heavy (non-hydrogen) atoms. The minimum Gasteiger partial charge on any atom is -0.491 e. The number of carbonyl (C=O) groups excluding carboxylic acids is 2. The number of benzene rings is 2. The van der Waals surface area contributed by atoms with E-state index in [0.717, 1.165) is 22.5 Å². The summed E-state index contributed by atoms with van der Waals surface area (Å²) in [5.74, 6) is -0.0237. The number of hydrogen-bond acceptors (Lipinski definition) is 6. The maximum absolute atomic E-state index is 12.2. The number of pyridine rings is 1. The Morgan fingerprint density at radius 1 is 1.12 bits per heavy atom. The molecule has 7 heteroatoms. The van der Waals surface area contributed by atoms with Crippen molar-refractivity contribution in [2.75, 3.05) is 6.61 Å². The van der Waals surface area contributed by atoms with Gasteiger partial charge in [-0.3, -0.25) is 14.6 Å². The van der Waals surface area contributed by atoms with Gasteiger partial charge in [-0.2, -0.15) is 5.26 Å². The maximum Gasteiger partial charge on any atom is 0.248 e. The lowest BCUT2D eigenvalue weighted by Gasteiger charge is -2.24. The van der Waals surface area contributed by atoms with Gasteiger partial charge in [-0.1, -0.05) is 12.1 Å². The fourth-order valence-corrected chi connectivity index (χ4v) is 3.81. The van der Waals surface area contributed by atoms with E-state index in [1.165, 1.54) is 0 Å². The van der Waals surface area contributed by atoms with Gasteiger partial charge in [0.2, 0.25) is 5.91 Å². The van der Waals surface area contributed by atoms with Gasteiger partial charge >= 0.3 is 0 Å². The Morgan fingerprint density at radius 3 is 2.44 bits per heavy atom. The Labute approximate surface area is 185 Å². The normalized spacial score (nSPS) is 13.5. The third kappa shape index (κ3) is 4.03. The molecule has 4 rings (SSSR count). The number of ketones is 1. The van der Waals surface area contributed by atoms with E-state index in [2.05, 4.69) is 11.1 Å². The van der Waals surface area contributed by atoms with Crippen LogP contribution in [-0.4, -0.2) is 23.3 Å². The molecule has 2 aromatic carbocycles. The van der Waals surface area contributed by atoms with Crippen molar-refractivity contribution in [3.63, 3.8) is 0 Å². The number of primary amides is 1. The van der Waals surface area contributed by atoms with Crippen LogP contribution in [0.4, 0.5) is 0 Å². The maximum atomic E-state index is 12.2. The Balaban J connectivity index is 1.82. The molecule has 0 spiro atoms. The van der Waals surface area contributed by atoms with Crippen LogP contribution in [0.3, 0.4) is 0 Å². The predicted octanol–water partition coefficient (Wildman–Crippen LogP) is 3.80. The van der Waals surface area contributed by atoms with E-state index in [-0.39, 0.29) is 30.1 Å². The summed E-state index contributed by atoms with van der Waals surface area (Å²) in [6, 6.07) is 16.0. The molecule has 2 N–H and O–H groups in total. The van der Waals surface area contributed by atoms with Gasteiger partial charge in [-0.25, -0.2) is 0 Å². The number of nitriles is 1. The fraction of sp³-hybridized carbons (Fsp3) is 0.200. The molecule has 1 aliphatic heterocycles. The summed E-state index contributed by atoms with van der Waals surface area (Å²) in [5.41, 5.74) is 9.56. The molecule has 0 fully saturated rings. The van der Waals surface area contributed by atoms with Crippen LogP contribution in [0, 0.1) is 25.2 Å². The molecule has 0 radical (unpaired) electrons. The summed E-state index contributed by atoms with van der Waals surface area (Å²) >= 11 is 0. The lowest BCUT2D eigenvalue weighted by Crippen LogP contribution is -2.18. The molecule has 0 aliphatic carbocycles. The van der Waals surface area contributed by atoms with Gasteiger partial charge in [0.1, 0.15) is 23.5 Å². The first-order valence-corrected chi connectivity index (χ1v) is 10.1. The third-order valence-corrected chi connectivity index (χ3v) is 5.26. The molecular weight excluding hydrogens is 406 g/mol. The van der Waals surface area contributed by atoms with Crippen LogP contribution in [0.2, 0.25) is 0 Å². The van der Waals surface area contributed by atoms with Gasteiger partial charge in [0.25, 0.3) is 0 Å². The Bertz CT molecular complexity index is 1240. The fourth-order valence-electron chi connectivity index (χ4n) is 3.81. The van der Waals surface area contributed by atoms with E-state index in [4.69, 9.17) is 15.2 Å². The zero-order chi connectivity index (χ0) is 22.8. The number of nitrogens with two attached hydrogens (primary N) is 1. The van der Waals surface area contributed by atoms with Crippen LogP contribution in [0.25, 0.3) is 0 Å². The molecule has 7 nitrogen and oxygen atoms in total. The Morgan fingerprint density at radius 2 is 1.81 bits per heavy atom. The molecule has 3 aromatic rings. The third-order valence-electron chi connectivity index (χ3n) is 5.26. The lowest BCUT2D eigenvalue weighted by molar-refractivity contribution is 0.0931. The lowest BCUT2D eigenvalue weighted by atomic mass is 9.98. The highest BCUT2D eigenvalue weighted by Crippen LogP contribution is 2.38. The van der Waals surface area contributed by atoms with Gasteiger partial charge in [0.15, 0.2) is 11.5 Å². The standard InChI is InChI=1S/C25H21N3O4/c1-14-11-18(12-15(2)28-14)23(16-3-5-17(6-4-16)25(27)30)32-22-8-7-19-21(29)9-10-31-24(19)20(22)13-26/h3-8,11-12,23H,9-10H2,1-2H3,(H2,27,30)/t23-/m1/s1. The van der Waals surface area contributed by atoms with Crippen molar-refractivity contribution in [3.8, 4) is 17.6 Å². The van der Waals surface area contributed by atoms with Crippen LogP contribution in [0.5, 0.6) is 11.5 Å². The number of Topliss-reactive ketones (excluding diaryl/α,β-unsaturated/α-hetero) is 1. The second-order valence-electron chi connectivity index (χ2n) is 7.62. The first kappa shape index (κ1) is 21.1. The largest absolute Gasteiger partial charge is 0.491 e. The molecule has 0 bridgehead atoms. The van der Waals surface area contributed by atoms with E-state index >= 15 is 0 Å². The van der Waals surface area contributed by atoms with Crippen LogP contribution in [0.15, 0.2) is 48.5 Å². The van der Waals surface area contributed by atoms with Gasteiger partial charge in [-0.05, 0) is 55.8 Å². The summed E-state index contributed by atoms with van der Waals surface area (Å²) < 4.78 is 12.0. The van der Waals surface area contributed by atoms with E-state index in [1.807, 2.05) is 26.0 Å². The van der Waals surface area contributed by atoms with Crippen molar-refractivity contribution in [1.82, 2.24) is 4.98 Å². The molecule has 1 aromatic heterocycles.